The summed E-state index contributed by atoms with van der Waals surface area (Å²) in [4.78, 5) is 23.1. The Kier molecular flexibility index (Phi) is 5.47. The van der Waals surface area contributed by atoms with Crippen LogP contribution in [-0.2, 0) is 0 Å². The van der Waals surface area contributed by atoms with Gasteiger partial charge in [0.15, 0.2) is 0 Å². The van der Waals surface area contributed by atoms with Gasteiger partial charge in [0.25, 0.3) is 5.91 Å². The molecular weight excluding hydrogens is 385 g/mol. The third kappa shape index (κ3) is 4.39. The van der Waals surface area contributed by atoms with Crippen molar-refractivity contribution in [3.8, 4) is 11.1 Å². The maximum Gasteiger partial charge on any atom is 0.409 e. The van der Waals surface area contributed by atoms with Crippen LogP contribution < -0.4 is 16.4 Å². The van der Waals surface area contributed by atoms with Crippen molar-refractivity contribution in [2.24, 2.45) is 0 Å². The molecule has 0 unspecified atom stereocenters. The smallest absolute Gasteiger partial charge is 0.409 e. The first kappa shape index (κ1) is 19.2. The predicted octanol–water partition coefficient (Wildman–Crippen LogP) is 5.07. The van der Waals surface area contributed by atoms with Gasteiger partial charge < -0.3 is 16.2 Å². The average Bonchev–Trinajstić information content (AvgIpc) is 2.66. The van der Waals surface area contributed by atoms with Gasteiger partial charge in [0.05, 0.1) is 16.4 Å². The molecule has 0 radical (unpaired) electrons. The number of amides is 2. The van der Waals surface area contributed by atoms with Crippen LogP contribution in [0.1, 0.15) is 10.4 Å². The molecule has 3 aromatic rings. The summed E-state index contributed by atoms with van der Waals surface area (Å²) < 4.78 is 13.7. The Hall–Kier alpha value is -3.58. The molecule has 0 saturated carbocycles. The van der Waals surface area contributed by atoms with Gasteiger partial charge in [0.1, 0.15) is 5.82 Å². The van der Waals surface area contributed by atoms with Crippen LogP contribution in [0.5, 0.6) is 0 Å². The van der Waals surface area contributed by atoms with Gasteiger partial charge >= 0.3 is 6.09 Å². The van der Waals surface area contributed by atoms with Gasteiger partial charge in [0.2, 0.25) is 0 Å². The zero-order valence-corrected chi connectivity index (χ0v) is 15.1. The van der Waals surface area contributed by atoms with Gasteiger partial charge in [-0.25, -0.2) is 9.18 Å². The molecule has 8 heteroatoms. The normalized spacial score (nSPS) is 10.4. The highest BCUT2D eigenvalue weighted by Gasteiger charge is 2.11. The van der Waals surface area contributed by atoms with E-state index in [1.807, 2.05) is 0 Å². The maximum absolute atomic E-state index is 13.7. The molecule has 0 aliphatic rings. The van der Waals surface area contributed by atoms with Crippen LogP contribution in [0.25, 0.3) is 11.1 Å². The van der Waals surface area contributed by atoms with Crippen LogP contribution in [0.15, 0.2) is 60.7 Å². The lowest BCUT2D eigenvalue weighted by molar-refractivity contribution is 0.102. The highest BCUT2D eigenvalue weighted by atomic mass is 35.5. The minimum atomic E-state index is -1.19. The first-order chi connectivity index (χ1) is 13.3. The molecule has 0 atom stereocenters. The number of nitrogens with one attached hydrogen (secondary N) is 2. The number of halogens is 2. The molecule has 6 nitrogen and oxygen atoms in total. The Balaban J connectivity index is 1.82. The molecule has 3 aromatic carbocycles. The summed E-state index contributed by atoms with van der Waals surface area (Å²) in [6, 6.07) is 15.3. The topological polar surface area (TPSA) is 104 Å². The molecule has 0 bridgehead atoms. The van der Waals surface area contributed by atoms with Crippen molar-refractivity contribution in [2.75, 3.05) is 16.4 Å². The van der Waals surface area contributed by atoms with E-state index in [4.69, 9.17) is 22.4 Å². The zero-order chi connectivity index (χ0) is 20.3. The van der Waals surface area contributed by atoms with E-state index in [1.54, 1.807) is 24.3 Å². The van der Waals surface area contributed by atoms with E-state index < -0.39 is 17.8 Å². The standard InChI is InChI=1S/C20H15ClFN3O3/c21-15-7-3-12(9-16(15)22)13-4-8-17(23)18(10-13)25-19(26)11-1-5-14(6-2-11)24-20(27)28/h1-10,24H,23H2,(H,25,26)(H,27,28). The summed E-state index contributed by atoms with van der Waals surface area (Å²) in [7, 11) is 0. The van der Waals surface area contributed by atoms with E-state index in [2.05, 4.69) is 10.6 Å². The van der Waals surface area contributed by atoms with E-state index in [9.17, 15) is 14.0 Å². The highest BCUT2D eigenvalue weighted by molar-refractivity contribution is 6.30. The van der Waals surface area contributed by atoms with E-state index in [1.165, 1.54) is 36.4 Å². The number of carbonyl (C=O) groups is 2. The lowest BCUT2D eigenvalue weighted by Gasteiger charge is -2.11. The van der Waals surface area contributed by atoms with Crippen molar-refractivity contribution >= 4 is 40.7 Å². The number of hydrogen-bond acceptors (Lipinski definition) is 3. The quantitative estimate of drug-likeness (QED) is 0.459. The average molecular weight is 400 g/mol. The number of benzene rings is 3. The van der Waals surface area contributed by atoms with Gasteiger partial charge in [-0.2, -0.15) is 0 Å². The summed E-state index contributed by atoms with van der Waals surface area (Å²) in [5, 5.41) is 13.6. The fourth-order valence-electron chi connectivity index (χ4n) is 2.54. The van der Waals surface area contributed by atoms with Crippen LogP contribution in [0.2, 0.25) is 5.02 Å². The van der Waals surface area contributed by atoms with Crippen molar-refractivity contribution < 1.29 is 19.1 Å². The number of anilines is 3. The van der Waals surface area contributed by atoms with E-state index in [0.29, 0.717) is 33.8 Å². The molecule has 0 fully saturated rings. The fraction of sp³-hybridized carbons (Fsp3) is 0. The molecule has 0 heterocycles. The third-order valence-corrected chi connectivity index (χ3v) is 4.26. The summed E-state index contributed by atoms with van der Waals surface area (Å²) in [5.41, 5.74) is 8.55. The van der Waals surface area contributed by atoms with Gasteiger partial charge in [-0.3, -0.25) is 10.1 Å². The van der Waals surface area contributed by atoms with Crippen LogP contribution in [-0.4, -0.2) is 17.1 Å². The Morgan fingerprint density at radius 1 is 0.929 bits per heavy atom. The highest BCUT2D eigenvalue weighted by Crippen LogP contribution is 2.29. The van der Waals surface area contributed by atoms with Crippen molar-refractivity contribution in [1.29, 1.82) is 0 Å². The SMILES string of the molecule is Nc1ccc(-c2ccc(Cl)c(F)c2)cc1NC(=O)c1ccc(NC(=O)O)cc1. The summed E-state index contributed by atoms with van der Waals surface area (Å²) >= 11 is 5.71. The molecule has 3 rings (SSSR count). The first-order valence-electron chi connectivity index (χ1n) is 8.10. The number of carboxylic acid groups (broad SMARTS) is 1. The Labute approximate surface area is 164 Å². The van der Waals surface area contributed by atoms with Gasteiger partial charge in [0, 0.05) is 11.3 Å². The number of rotatable bonds is 4. The number of carbonyl (C=O) groups excluding carboxylic acids is 1. The number of nitrogen functional groups attached to an aromatic ring is 1. The predicted molar refractivity (Wildman–Crippen MR) is 107 cm³/mol. The molecule has 0 spiro atoms. The molecule has 0 aromatic heterocycles. The van der Waals surface area contributed by atoms with E-state index in [0.717, 1.165) is 0 Å². The number of hydrogen-bond donors (Lipinski definition) is 4. The van der Waals surface area contributed by atoms with E-state index in [-0.39, 0.29) is 5.02 Å². The Morgan fingerprint density at radius 2 is 1.57 bits per heavy atom. The fourth-order valence-corrected chi connectivity index (χ4v) is 2.66. The summed E-state index contributed by atoms with van der Waals surface area (Å²) in [5.74, 6) is -0.968. The first-order valence-corrected chi connectivity index (χ1v) is 8.47. The second-order valence-electron chi connectivity index (χ2n) is 5.89. The lowest BCUT2D eigenvalue weighted by Crippen LogP contribution is -2.13. The summed E-state index contributed by atoms with van der Waals surface area (Å²) in [6.45, 7) is 0. The Morgan fingerprint density at radius 3 is 2.21 bits per heavy atom. The Bertz CT molecular complexity index is 1060. The molecule has 0 aliphatic carbocycles. The minimum absolute atomic E-state index is 0.0218. The van der Waals surface area contributed by atoms with Crippen LogP contribution in [0.4, 0.5) is 26.2 Å². The second kappa shape index (κ2) is 7.98. The monoisotopic (exact) mass is 399 g/mol. The van der Waals surface area contributed by atoms with Crippen molar-refractivity contribution in [1.82, 2.24) is 0 Å². The molecule has 2 amide bonds. The van der Waals surface area contributed by atoms with Crippen LogP contribution in [0, 0.1) is 5.82 Å². The van der Waals surface area contributed by atoms with Gasteiger partial charge in [-0.1, -0.05) is 23.7 Å². The number of nitrogens with two attached hydrogens (primary N) is 1. The minimum Gasteiger partial charge on any atom is -0.465 e. The molecule has 28 heavy (non-hydrogen) atoms. The molecule has 0 aliphatic heterocycles. The van der Waals surface area contributed by atoms with Crippen molar-refractivity contribution in [2.45, 2.75) is 0 Å². The van der Waals surface area contributed by atoms with Gasteiger partial charge in [-0.05, 0) is 59.7 Å². The molecular formula is C20H15ClFN3O3. The third-order valence-electron chi connectivity index (χ3n) is 3.95. The van der Waals surface area contributed by atoms with Crippen LogP contribution in [0.3, 0.4) is 0 Å². The molecule has 142 valence electrons. The van der Waals surface area contributed by atoms with E-state index >= 15 is 0 Å². The molecule has 0 saturated heterocycles. The van der Waals surface area contributed by atoms with Crippen molar-refractivity contribution in [3.63, 3.8) is 0 Å². The van der Waals surface area contributed by atoms with Crippen LogP contribution >= 0.6 is 11.6 Å². The maximum atomic E-state index is 13.7. The zero-order valence-electron chi connectivity index (χ0n) is 14.4. The molecule has 5 N–H and O–H groups in total. The second-order valence-corrected chi connectivity index (χ2v) is 6.30. The van der Waals surface area contributed by atoms with Gasteiger partial charge in [-0.15, -0.1) is 0 Å². The lowest BCUT2D eigenvalue weighted by atomic mass is 10.0. The summed E-state index contributed by atoms with van der Waals surface area (Å²) in [6.07, 6.45) is -1.19. The van der Waals surface area contributed by atoms with Crippen molar-refractivity contribution in [3.05, 3.63) is 77.1 Å². The largest absolute Gasteiger partial charge is 0.465 e.